The summed E-state index contributed by atoms with van der Waals surface area (Å²) >= 11 is 0. The largest absolute Gasteiger partial charge is 0.494 e. The molecule has 0 saturated heterocycles. The Labute approximate surface area is 178 Å². The van der Waals surface area contributed by atoms with E-state index in [0.717, 1.165) is 0 Å². The van der Waals surface area contributed by atoms with Crippen LogP contribution in [-0.2, 0) is 14.8 Å². The Morgan fingerprint density at radius 1 is 1.03 bits per heavy atom. The third kappa shape index (κ3) is 6.40. The minimum absolute atomic E-state index is 0.00723. The van der Waals surface area contributed by atoms with Gasteiger partial charge in [-0.15, -0.1) is 0 Å². The van der Waals surface area contributed by atoms with Crippen molar-refractivity contribution in [2.45, 2.75) is 38.5 Å². The van der Waals surface area contributed by atoms with Gasteiger partial charge in [-0.2, -0.15) is 4.31 Å². The molecule has 7 nitrogen and oxygen atoms in total. The van der Waals surface area contributed by atoms with Gasteiger partial charge in [0.15, 0.2) is 5.78 Å². The van der Waals surface area contributed by atoms with Crippen LogP contribution < -0.4 is 10.1 Å². The van der Waals surface area contributed by atoms with Gasteiger partial charge in [-0.3, -0.25) is 9.59 Å². The Balaban J connectivity index is 1.86. The van der Waals surface area contributed by atoms with E-state index in [2.05, 4.69) is 5.32 Å². The fourth-order valence-electron chi connectivity index (χ4n) is 2.88. The minimum Gasteiger partial charge on any atom is -0.494 e. The zero-order valence-electron chi connectivity index (χ0n) is 17.6. The number of nitrogens with one attached hydrogen (secondary N) is 1. The third-order valence-electron chi connectivity index (χ3n) is 4.54. The summed E-state index contributed by atoms with van der Waals surface area (Å²) in [6.07, 6.45) is 0.732. The first-order chi connectivity index (χ1) is 14.3. The van der Waals surface area contributed by atoms with Crippen molar-refractivity contribution in [1.29, 1.82) is 0 Å². The van der Waals surface area contributed by atoms with Gasteiger partial charge >= 0.3 is 0 Å². The van der Waals surface area contributed by atoms with Crippen LogP contribution in [0.2, 0.25) is 0 Å². The summed E-state index contributed by atoms with van der Waals surface area (Å²) in [5.74, 6) is 0.407. The van der Waals surface area contributed by atoms with Crippen molar-refractivity contribution >= 4 is 27.4 Å². The van der Waals surface area contributed by atoms with Gasteiger partial charge in [0, 0.05) is 30.8 Å². The highest BCUT2D eigenvalue weighted by molar-refractivity contribution is 7.89. The van der Waals surface area contributed by atoms with E-state index in [1.54, 1.807) is 50.2 Å². The van der Waals surface area contributed by atoms with Crippen LogP contribution in [0.4, 0.5) is 5.69 Å². The van der Waals surface area contributed by atoms with Gasteiger partial charge in [0.2, 0.25) is 15.9 Å². The highest BCUT2D eigenvalue weighted by Gasteiger charge is 2.21. The molecule has 0 spiro atoms. The van der Waals surface area contributed by atoms with E-state index in [4.69, 9.17) is 4.74 Å². The van der Waals surface area contributed by atoms with E-state index in [9.17, 15) is 18.0 Å². The first kappa shape index (κ1) is 23.6. The van der Waals surface area contributed by atoms with E-state index in [-0.39, 0.29) is 23.0 Å². The number of hydrogen-bond donors (Lipinski definition) is 1. The lowest BCUT2D eigenvalue weighted by Crippen LogP contribution is -2.30. The molecule has 0 atom stereocenters. The molecule has 0 radical (unpaired) electrons. The number of carbonyl (C=O) groups excluding carboxylic acids is 2. The highest BCUT2D eigenvalue weighted by Crippen LogP contribution is 2.20. The van der Waals surface area contributed by atoms with Crippen molar-refractivity contribution in [3.8, 4) is 5.75 Å². The van der Waals surface area contributed by atoms with Crippen LogP contribution >= 0.6 is 0 Å². The maximum absolute atomic E-state index is 12.6. The molecule has 1 N–H and O–H groups in total. The van der Waals surface area contributed by atoms with E-state index in [1.807, 2.05) is 0 Å². The fraction of sp³-hybridized carbons (Fsp3) is 0.364. The molecule has 30 heavy (non-hydrogen) atoms. The second kappa shape index (κ2) is 10.9. The van der Waals surface area contributed by atoms with Crippen LogP contribution in [-0.4, -0.2) is 44.1 Å². The summed E-state index contributed by atoms with van der Waals surface area (Å²) in [5.41, 5.74) is 1.06. The molecule has 162 valence electrons. The summed E-state index contributed by atoms with van der Waals surface area (Å²) < 4.78 is 32.2. The van der Waals surface area contributed by atoms with Crippen molar-refractivity contribution in [3.05, 3.63) is 54.1 Å². The molecule has 0 heterocycles. The number of sulfonamides is 1. The first-order valence-corrected chi connectivity index (χ1v) is 11.4. The number of rotatable bonds is 11. The number of ether oxygens (including phenoxy) is 1. The summed E-state index contributed by atoms with van der Waals surface area (Å²) in [7, 11) is -3.58. The monoisotopic (exact) mass is 432 g/mol. The second-order valence-electron chi connectivity index (χ2n) is 6.70. The predicted octanol–water partition coefficient (Wildman–Crippen LogP) is 3.72. The summed E-state index contributed by atoms with van der Waals surface area (Å²) in [4.78, 5) is 23.6. The van der Waals surface area contributed by atoms with Gasteiger partial charge in [-0.25, -0.2) is 8.42 Å². The molecule has 2 aromatic carbocycles. The number of amides is 1. The van der Waals surface area contributed by atoms with Crippen molar-refractivity contribution in [2.75, 3.05) is 25.0 Å². The number of Topliss-reactive ketones (excluding diaryl/α,β-unsaturated/α-hetero) is 1. The molecular weight excluding hydrogens is 404 g/mol. The van der Waals surface area contributed by atoms with E-state index >= 15 is 0 Å². The van der Waals surface area contributed by atoms with E-state index in [0.29, 0.717) is 43.1 Å². The van der Waals surface area contributed by atoms with Gasteiger partial charge in [-0.1, -0.05) is 19.9 Å². The Kier molecular flexibility index (Phi) is 8.56. The summed E-state index contributed by atoms with van der Waals surface area (Å²) in [6.45, 7) is 6.19. The first-order valence-electron chi connectivity index (χ1n) is 9.91. The number of nitrogens with zero attached hydrogens (tertiary/aromatic N) is 1. The normalized spacial score (nSPS) is 11.3. The lowest BCUT2D eigenvalue weighted by Gasteiger charge is -2.18. The molecule has 0 aliphatic rings. The second-order valence-corrected chi connectivity index (χ2v) is 8.64. The van der Waals surface area contributed by atoms with Crippen LogP contribution in [0.3, 0.4) is 0 Å². The number of benzene rings is 2. The topological polar surface area (TPSA) is 92.8 Å². The van der Waals surface area contributed by atoms with Gasteiger partial charge in [0.1, 0.15) is 5.75 Å². The molecule has 0 saturated carbocycles. The van der Waals surface area contributed by atoms with Gasteiger partial charge in [0.05, 0.1) is 11.5 Å². The average molecular weight is 433 g/mol. The zero-order valence-corrected chi connectivity index (χ0v) is 18.4. The summed E-state index contributed by atoms with van der Waals surface area (Å²) in [6, 6.07) is 13.1. The number of ketones is 1. The van der Waals surface area contributed by atoms with Crippen molar-refractivity contribution in [2.24, 2.45) is 0 Å². The SMILES string of the molecule is CCN(CC)S(=O)(=O)c1cccc(NC(=O)CCCOc2ccc(C(C)=O)cc2)c1. The van der Waals surface area contributed by atoms with Crippen LogP contribution in [0.5, 0.6) is 5.75 Å². The van der Waals surface area contributed by atoms with Crippen LogP contribution in [0.1, 0.15) is 44.0 Å². The maximum atomic E-state index is 12.6. The molecule has 0 aliphatic carbocycles. The minimum atomic E-state index is -3.58. The molecule has 2 aromatic rings. The molecule has 0 bridgehead atoms. The van der Waals surface area contributed by atoms with Crippen molar-refractivity contribution < 1.29 is 22.7 Å². The molecule has 8 heteroatoms. The number of hydrogen-bond acceptors (Lipinski definition) is 5. The highest BCUT2D eigenvalue weighted by atomic mass is 32.2. The average Bonchev–Trinajstić information content (AvgIpc) is 2.72. The predicted molar refractivity (Wildman–Crippen MR) is 116 cm³/mol. The molecule has 1 amide bonds. The third-order valence-corrected chi connectivity index (χ3v) is 6.58. The standard InChI is InChI=1S/C22H28N2O5S/c1-4-24(5-2)30(27,28)21-9-6-8-19(16-21)23-22(26)10-7-15-29-20-13-11-18(12-14-20)17(3)25/h6,8-9,11-14,16H,4-5,7,10,15H2,1-3H3,(H,23,26). The Morgan fingerprint density at radius 3 is 2.30 bits per heavy atom. The van der Waals surface area contributed by atoms with Crippen LogP contribution in [0.25, 0.3) is 0 Å². The van der Waals surface area contributed by atoms with Crippen molar-refractivity contribution in [1.82, 2.24) is 4.31 Å². The van der Waals surface area contributed by atoms with Gasteiger partial charge < -0.3 is 10.1 Å². The lowest BCUT2D eigenvalue weighted by atomic mass is 10.1. The molecule has 0 unspecified atom stereocenters. The lowest BCUT2D eigenvalue weighted by molar-refractivity contribution is -0.116. The molecule has 2 rings (SSSR count). The van der Waals surface area contributed by atoms with Crippen LogP contribution in [0.15, 0.2) is 53.4 Å². The van der Waals surface area contributed by atoms with E-state index in [1.165, 1.54) is 23.4 Å². The molecular formula is C22H28N2O5S. The molecule has 0 aromatic heterocycles. The Morgan fingerprint density at radius 2 is 1.70 bits per heavy atom. The quantitative estimate of drug-likeness (QED) is 0.432. The summed E-state index contributed by atoms with van der Waals surface area (Å²) in [5, 5.41) is 2.73. The van der Waals surface area contributed by atoms with Crippen LogP contribution in [0, 0.1) is 0 Å². The van der Waals surface area contributed by atoms with Crippen molar-refractivity contribution in [3.63, 3.8) is 0 Å². The molecule has 0 fully saturated rings. The Bertz CT molecular complexity index is 967. The molecule has 0 aliphatic heterocycles. The smallest absolute Gasteiger partial charge is 0.243 e. The number of carbonyl (C=O) groups is 2. The zero-order chi connectivity index (χ0) is 22.1. The number of anilines is 1. The fourth-order valence-corrected chi connectivity index (χ4v) is 4.38. The van der Waals surface area contributed by atoms with Gasteiger partial charge in [-0.05, 0) is 55.8 Å². The Hall–Kier alpha value is -2.71. The van der Waals surface area contributed by atoms with Gasteiger partial charge in [0.25, 0.3) is 0 Å². The maximum Gasteiger partial charge on any atom is 0.243 e. The van der Waals surface area contributed by atoms with E-state index < -0.39 is 10.0 Å².